The molecule has 0 aliphatic carbocycles. The molecule has 7 nitrogen and oxygen atoms in total. The van der Waals surface area contributed by atoms with E-state index in [1.165, 1.54) is 25.3 Å². The summed E-state index contributed by atoms with van der Waals surface area (Å²) < 4.78 is 34.9. The normalized spacial score (nSPS) is 11.5. The summed E-state index contributed by atoms with van der Waals surface area (Å²) in [5, 5.41) is 4.57. The molecule has 0 aliphatic rings. The predicted octanol–water partition coefficient (Wildman–Crippen LogP) is 3.12. The van der Waals surface area contributed by atoms with Gasteiger partial charge in [-0.25, -0.2) is 17.9 Å². The van der Waals surface area contributed by atoms with E-state index in [9.17, 15) is 13.2 Å². The molecule has 0 atom stereocenters. The van der Waals surface area contributed by atoms with Gasteiger partial charge in [0.25, 0.3) is 0 Å². The van der Waals surface area contributed by atoms with E-state index in [4.69, 9.17) is 0 Å². The molecule has 1 heterocycles. The van der Waals surface area contributed by atoms with Crippen LogP contribution in [0.2, 0.25) is 0 Å². The van der Waals surface area contributed by atoms with Crippen LogP contribution in [-0.2, 0) is 27.8 Å². The molecule has 0 unspecified atom stereocenters. The third-order valence-corrected chi connectivity index (χ3v) is 6.59. The molecule has 0 radical (unpaired) electrons. The van der Waals surface area contributed by atoms with E-state index in [0.717, 1.165) is 22.5 Å². The van der Waals surface area contributed by atoms with E-state index in [-0.39, 0.29) is 11.4 Å². The Morgan fingerprint density at radius 2 is 1.80 bits per heavy atom. The number of hydrogen-bond donors (Lipinski definition) is 1. The molecular weight excluding hydrogens is 402 g/mol. The number of aromatic nitrogens is 2. The van der Waals surface area contributed by atoms with Crippen molar-refractivity contribution in [3.8, 4) is 0 Å². The monoisotopic (exact) mass is 427 g/mol. The zero-order valence-corrected chi connectivity index (χ0v) is 18.3. The minimum absolute atomic E-state index is 0.127. The van der Waals surface area contributed by atoms with Crippen LogP contribution in [0.4, 0.5) is 0 Å². The van der Waals surface area contributed by atoms with Crippen molar-refractivity contribution >= 4 is 16.0 Å². The Hall–Kier alpha value is -2.97. The Balaban J connectivity index is 1.79. The second-order valence-corrected chi connectivity index (χ2v) is 8.82. The molecule has 158 valence electrons. The highest BCUT2D eigenvalue weighted by Gasteiger charge is 2.20. The van der Waals surface area contributed by atoms with E-state index in [0.29, 0.717) is 17.7 Å². The first-order valence-electron chi connectivity index (χ1n) is 9.48. The molecule has 0 bridgehead atoms. The van der Waals surface area contributed by atoms with Gasteiger partial charge in [0.15, 0.2) is 0 Å². The highest BCUT2D eigenvalue weighted by molar-refractivity contribution is 7.89. The minimum Gasteiger partial charge on any atom is -0.465 e. The number of ether oxygens (including phenoxy) is 1. The number of hydrogen-bond acceptors (Lipinski definition) is 5. The molecular formula is C22H25N3O4S. The van der Waals surface area contributed by atoms with E-state index >= 15 is 0 Å². The first-order chi connectivity index (χ1) is 14.2. The summed E-state index contributed by atoms with van der Waals surface area (Å²) in [5.74, 6) is -0.507. The standard InChI is InChI=1S/C22H25N3O4S/c1-15-12-19(22(26)29-4)10-11-21(15)30(27,28)23-13-20-16(2)24-25(17(20)3)14-18-8-6-5-7-9-18/h5-12,23H,13-14H2,1-4H3. The molecule has 30 heavy (non-hydrogen) atoms. The summed E-state index contributed by atoms with van der Waals surface area (Å²) in [6.07, 6.45) is 0. The van der Waals surface area contributed by atoms with E-state index < -0.39 is 16.0 Å². The van der Waals surface area contributed by atoms with Gasteiger partial charge in [-0.15, -0.1) is 0 Å². The topological polar surface area (TPSA) is 90.3 Å². The van der Waals surface area contributed by atoms with Crippen LogP contribution in [0.5, 0.6) is 0 Å². The van der Waals surface area contributed by atoms with Crippen molar-refractivity contribution in [1.29, 1.82) is 0 Å². The molecule has 0 saturated carbocycles. The Bertz CT molecular complexity index is 1170. The first kappa shape index (κ1) is 21.7. The summed E-state index contributed by atoms with van der Waals surface area (Å²) >= 11 is 0. The molecule has 3 rings (SSSR count). The van der Waals surface area contributed by atoms with Gasteiger partial charge in [0.2, 0.25) is 10.0 Å². The highest BCUT2D eigenvalue weighted by atomic mass is 32.2. The van der Waals surface area contributed by atoms with Gasteiger partial charge in [0.1, 0.15) is 0 Å². The van der Waals surface area contributed by atoms with Crippen molar-refractivity contribution in [3.05, 3.63) is 82.2 Å². The Morgan fingerprint density at radius 3 is 2.43 bits per heavy atom. The number of esters is 1. The maximum Gasteiger partial charge on any atom is 0.337 e. The lowest BCUT2D eigenvalue weighted by atomic mass is 10.1. The fourth-order valence-corrected chi connectivity index (χ4v) is 4.56. The molecule has 8 heteroatoms. The number of sulfonamides is 1. The molecule has 0 amide bonds. The van der Waals surface area contributed by atoms with Gasteiger partial charge in [-0.05, 0) is 50.1 Å². The largest absolute Gasteiger partial charge is 0.465 e. The average molecular weight is 428 g/mol. The van der Waals surface area contributed by atoms with E-state index in [2.05, 4.69) is 14.6 Å². The molecule has 3 aromatic rings. The number of carbonyl (C=O) groups excluding carboxylic acids is 1. The lowest BCUT2D eigenvalue weighted by Gasteiger charge is -2.11. The first-order valence-corrected chi connectivity index (χ1v) is 11.0. The van der Waals surface area contributed by atoms with Crippen LogP contribution < -0.4 is 4.72 Å². The third-order valence-electron chi connectivity index (χ3n) is 5.03. The lowest BCUT2D eigenvalue weighted by molar-refractivity contribution is 0.0600. The number of carbonyl (C=O) groups is 1. The summed E-state index contributed by atoms with van der Waals surface area (Å²) in [6.45, 7) is 6.20. The minimum atomic E-state index is -3.76. The molecule has 1 aromatic heterocycles. The zero-order valence-electron chi connectivity index (χ0n) is 17.5. The number of methoxy groups -OCH3 is 1. The summed E-state index contributed by atoms with van der Waals surface area (Å²) in [7, 11) is -2.48. The highest BCUT2D eigenvalue weighted by Crippen LogP contribution is 2.19. The molecule has 0 fully saturated rings. The van der Waals surface area contributed by atoms with Gasteiger partial charge in [-0.1, -0.05) is 30.3 Å². The van der Waals surface area contributed by atoms with E-state index in [1.54, 1.807) is 6.92 Å². The smallest absolute Gasteiger partial charge is 0.337 e. The van der Waals surface area contributed by atoms with Crippen LogP contribution in [-0.4, -0.2) is 31.3 Å². The molecule has 2 aromatic carbocycles. The summed E-state index contributed by atoms with van der Waals surface area (Å²) in [6, 6.07) is 14.3. The van der Waals surface area contributed by atoms with Crippen LogP contribution in [0.3, 0.4) is 0 Å². The summed E-state index contributed by atoms with van der Waals surface area (Å²) in [5.41, 5.74) is 4.44. The van der Waals surface area contributed by atoms with Crippen molar-refractivity contribution in [2.24, 2.45) is 0 Å². The number of benzene rings is 2. The number of aryl methyl sites for hydroxylation is 2. The van der Waals surface area contributed by atoms with Crippen molar-refractivity contribution in [1.82, 2.24) is 14.5 Å². The zero-order chi connectivity index (χ0) is 21.9. The molecule has 0 aliphatic heterocycles. The molecule has 1 N–H and O–H groups in total. The van der Waals surface area contributed by atoms with Gasteiger partial charge in [-0.3, -0.25) is 4.68 Å². The third kappa shape index (κ3) is 4.60. The van der Waals surface area contributed by atoms with Crippen molar-refractivity contribution in [2.45, 2.75) is 38.8 Å². The SMILES string of the molecule is COC(=O)c1ccc(S(=O)(=O)NCc2c(C)nn(Cc3ccccc3)c2C)c(C)c1. The van der Waals surface area contributed by atoms with Crippen LogP contribution in [0.15, 0.2) is 53.4 Å². The van der Waals surface area contributed by atoms with Gasteiger partial charge < -0.3 is 4.74 Å². The molecule has 0 spiro atoms. The van der Waals surface area contributed by atoms with Gasteiger partial charge >= 0.3 is 5.97 Å². The number of rotatable bonds is 7. The van der Waals surface area contributed by atoms with Crippen molar-refractivity contribution < 1.29 is 17.9 Å². The fraction of sp³-hybridized carbons (Fsp3) is 0.273. The van der Waals surface area contributed by atoms with Crippen LogP contribution in [0.25, 0.3) is 0 Å². The number of nitrogens with zero attached hydrogens (tertiary/aromatic N) is 2. The lowest BCUT2D eigenvalue weighted by Crippen LogP contribution is -2.24. The fourth-order valence-electron chi connectivity index (χ4n) is 3.34. The van der Waals surface area contributed by atoms with Crippen LogP contribution in [0.1, 0.15) is 38.4 Å². The van der Waals surface area contributed by atoms with Crippen LogP contribution in [0, 0.1) is 20.8 Å². The maximum atomic E-state index is 12.8. The second-order valence-electron chi connectivity index (χ2n) is 7.09. The van der Waals surface area contributed by atoms with Gasteiger partial charge in [0, 0.05) is 17.8 Å². The predicted molar refractivity (Wildman–Crippen MR) is 114 cm³/mol. The average Bonchev–Trinajstić information content (AvgIpc) is 2.99. The second kappa shape index (κ2) is 8.81. The van der Waals surface area contributed by atoms with Crippen molar-refractivity contribution in [2.75, 3.05) is 7.11 Å². The Labute approximate surface area is 176 Å². The Morgan fingerprint density at radius 1 is 1.10 bits per heavy atom. The van der Waals surface area contributed by atoms with E-state index in [1.807, 2.05) is 48.9 Å². The van der Waals surface area contributed by atoms with Crippen molar-refractivity contribution in [3.63, 3.8) is 0 Å². The summed E-state index contributed by atoms with van der Waals surface area (Å²) in [4.78, 5) is 11.8. The number of nitrogens with one attached hydrogen (secondary N) is 1. The Kier molecular flexibility index (Phi) is 6.38. The van der Waals surface area contributed by atoms with Crippen LogP contribution >= 0.6 is 0 Å². The van der Waals surface area contributed by atoms with Gasteiger partial charge in [0.05, 0.1) is 29.8 Å². The van der Waals surface area contributed by atoms with Gasteiger partial charge in [-0.2, -0.15) is 5.10 Å². The quantitative estimate of drug-likeness (QED) is 0.585. The maximum absolute atomic E-state index is 12.8. The molecule has 0 saturated heterocycles.